The van der Waals surface area contributed by atoms with Gasteiger partial charge in [0.1, 0.15) is 17.4 Å². The summed E-state index contributed by atoms with van der Waals surface area (Å²) in [4.78, 5) is 26.3. The van der Waals surface area contributed by atoms with E-state index in [1.54, 1.807) is 71.1 Å². The van der Waals surface area contributed by atoms with Crippen LogP contribution in [0.4, 0.5) is 26.3 Å². The molecule has 0 fully saturated rings. The van der Waals surface area contributed by atoms with Crippen molar-refractivity contribution in [1.29, 1.82) is 0 Å². The highest BCUT2D eigenvalue weighted by Gasteiger charge is 2.73. The minimum atomic E-state index is -6.41. The third-order valence-electron chi connectivity index (χ3n) is 6.16. The molecule has 0 aliphatic heterocycles. The molecule has 4 rings (SSSR count). The maximum Gasteiger partial charge on any atom is 0.421 e. The Morgan fingerprint density at radius 1 is 0.875 bits per heavy atom. The Balaban J connectivity index is 1.74. The second kappa shape index (κ2) is 10.3. The lowest BCUT2D eigenvalue weighted by Crippen LogP contribution is -2.70. The Hall–Kier alpha value is -3.18. The van der Waals surface area contributed by atoms with Crippen molar-refractivity contribution in [3.05, 3.63) is 87.0 Å². The van der Waals surface area contributed by atoms with E-state index in [4.69, 9.17) is 9.29 Å². The van der Waals surface area contributed by atoms with Crippen molar-refractivity contribution in [2.45, 2.75) is 23.8 Å². The first-order chi connectivity index (χ1) is 18.5. The molecule has 3 aromatic carbocycles. The Morgan fingerprint density at radius 3 is 1.85 bits per heavy atom. The van der Waals surface area contributed by atoms with Gasteiger partial charge in [0.05, 0.1) is 5.56 Å². The van der Waals surface area contributed by atoms with Crippen LogP contribution in [0.2, 0.25) is 0 Å². The Morgan fingerprint density at radius 2 is 1.38 bits per heavy atom. The van der Waals surface area contributed by atoms with Gasteiger partial charge in [-0.25, -0.2) is 0 Å². The molecule has 15 heteroatoms. The number of halogens is 7. The van der Waals surface area contributed by atoms with E-state index in [-0.39, 0.29) is 0 Å². The fourth-order valence-electron chi connectivity index (χ4n) is 4.38. The summed E-state index contributed by atoms with van der Waals surface area (Å²) in [7, 11) is -5.92. The first-order valence-electron chi connectivity index (χ1n) is 11.1. The van der Waals surface area contributed by atoms with E-state index >= 15 is 0 Å². The highest BCUT2D eigenvalue weighted by Crippen LogP contribution is 2.46. The van der Waals surface area contributed by atoms with Crippen molar-refractivity contribution < 1.29 is 53.6 Å². The predicted molar refractivity (Wildman–Crippen MR) is 137 cm³/mol. The van der Waals surface area contributed by atoms with Crippen LogP contribution in [0.1, 0.15) is 27.4 Å². The van der Waals surface area contributed by atoms with Crippen molar-refractivity contribution in [2.24, 2.45) is 0 Å². The van der Waals surface area contributed by atoms with E-state index in [1.165, 1.54) is 0 Å². The highest BCUT2D eigenvalue weighted by molar-refractivity contribution is 14.1. The van der Waals surface area contributed by atoms with Gasteiger partial charge in [-0.05, 0) is 63.0 Å². The molecular weight excluding hydrogens is 683 g/mol. The molecule has 1 aliphatic rings. The molecule has 0 atom stereocenters. The van der Waals surface area contributed by atoms with Gasteiger partial charge in [0.15, 0.2) is 0 Å². The average molecular weight is 699 g/mol. The molecule has 40 heavy (non-hydrogen) atoms. The standard InChI is InChI=1S/C25H16F6INO6S/c26-24(27,28)23(25(29,30)31,12-40(36,37)38)33-21(34)18-10-9-13(32)11-19(18)39-22(35)20-16-7-3-1-5-14(16)15-6-2-4-8-17(15)20/h1-11,20H,12H2,(H,33,34)(H,36,37,38). The number of alkyl halides is 6. The minimum absolute atomic E-state index is 0.306. The number of nitrogens with one attached hydrogen (secondary N) is 1. The fraction of sp³-hybridized carbons (Fsp3) is 0.200. The van der Waals surface area contributed by atoms with Crippen molar-refractivity contribution in [3.63, 3.8) is 0 Å². The van der Waals surface area contributed by atoms with Gasteiger partial charge >= 0.3 is 18.3 Å². The topological polar surface area (TPSA) is 110 Å². The molecule has 0 saturated carbocycles. The van der Waals surface area contributed by atoms with Crippen LogP contribution in [0.15, 0.2) is 66.7 Å². The van der Waals surface area contributed by atoms with Gasteiger partial charge < -0.3 is 10.1 Å². The molecule has 0 radical (unpaired) electrons. The van der Waals surface area contributed by atoms with Gasteiger partial charge in [0.2, 0.25) is 5.54 Å². The molecule has 0 heterocycles. The molecule has 0 unspecified atom stereocenters. The lowest BCUT2D eigenvalue weighted by Gasteiger charge is -2.36. The smallest absolute Gasteiger partial charge is 0.421 e. The van der Waals surface area contributed by atoms with E-state index < -0.39 is 62.9 Å². The molecule has 0 spiro atoms. The number of benzene rings is 3. The van der Waals surface area contributed by atoms with Crippen molar-refractivity contribution in [3.8, 4) is 16.9 Å². The Kier molecular flexibility index (Phi) is 7.70. The molecule has 0 aromatic heterocycles. The highest BCUT2D eigenvalue weighted by atomic mass is 127. The zero-order chi connectivity index (χ0) is 29.7. The lowest BCUT2D eigenvalue weighted by atomic mass is 9.97. The third-order valence-corrected chi connectivity index (χ3v) is 7.63. The van der Waals surface area contributed by atoms with Crippen molar-refractivity contribution in [1.82, 2.24) is 5.32 Å². The summed E-state index contributed by atoms with van der Waals surface area (Å²) < 4.78 is 119. The number of hydrogen-bond donors (Lipinski definition) is 2. The van der Waals surface area contributed by atoms with E-state index in [0.717, 1.165) is 18.2 Å². The number of rotatable bonds is 6. The van der Waals surface area contributed by atoms with E-state index in [0.29, 0.717) is 31.1 Å². The second-order valence-corrected chi connectivity index (χ2v) is 11.4. The molecule has 0 bridgehead atoms. The summed E-state index contributed by atoms with van der Waals surface area (Å²) in [6.45, 7) is 0. The van der Waals surface area contributed by atoms with Crippen LogP contribution >= 0.6 is 22.6 Å². The quantitative estimate of drug-likeness (QED) is 0.116. The monoisotopic (exact) mass is 699 g/mol. The van der Waals surface area contributed by atoms with Crippen LogP contribution in [-0.2, 0) is 14.9 Å². The van der Waals surface area contributed by atoms with Crippen molar-refractivity contribution in [2.75, 3.05) is 5.75 Å². The van der Waals surface area contributed by atoms with E-state index in [9.17, 15) is 44.3 Å². The maximum absolute atomic E-state index is 13.7. The van der Waals surface area contributed by atoms with Gasteiger partial charge in [-0.1, -0.05) is 48.5 Å². The summed E-state index contributed by atoms with van der Waals surface area (Å²) in [6.07, 6.45) is -12.8. The first-order valence-corrected chi connectivity index (χ1v) is 13.7. The maximum atomic E-state index is 13.7. The zero-order valence-corrected chi connectivity index (χ0v) is 22.7. The predicted octanol–water partition coefficient (Wildman–Crippen LogP) is 5.49. The summed E-state index contributed by atoms with van der Waals surface area (Å²) in [5, 5.41) is 0.695. The van der Waals surface area contributed by atoms with Gasteiger partial charge in [0.25, 0.3) is 16.0 Å². The Labute approximate surface area is 236 Å². The zero-order valence-electron chi connectivity index (χ0n) is 19.7. The number of hydrogen-bond acceptors (Lipinski definition) is 5. The summed E-state index contributed by atoms with van der Waals surface area (Å²) in [6, 6.07) is 16.7. The molecule has 3 aromatic rings. The van der Waals surface area contributed by atoms with Crippen LogP contribution in [0.5, 0.6) is 5.75 Å². The summed E-state index contributed by atoms with van der Waals surface area (Å²) in [5.74, 6) is -7.64. The van der Waals surface area contributed by atoms with Crippen LogP contribution in [0.25, 0.3) is 11.1 Å². The summed E-state index contributed by atoms with van der Waals surface area (Å²) >= 11 is 1.72. The number of carbonyl (C=O) groups excluding carboxylic acids is 2. The molecule has 1 aliphatic carbocycles. The van der Waals surface area contributed by atoms with Crippen LogP contribution in [0, 0.1) is 3.57 Å². The summed E-state index contributed by atoms with van der Waals surface area (Å²) in [5.41, 5.74) is -3.80. The molecule has 2 N–H and O–H groups in total. The lowest BCUT2D eigenvalue weighted by molar-refractivity contribution is -0.296. The van der Waals surface area contributed by atoms with Gasteiger partial charge in [-0.3, -0.25) is 14.1 Å². The third kappa shape index (κ3) is 5.54. The van der Waals surface area contributed by atoms with Gasteiger partial charge in [-0.15, -0.1) is 0 Å². The SMILES string of the molecule is O=C(NC(CS(=O)(=O)O)(C(F)(F)F)C(F)(F)F)c1ccc(I)cc1OC(=O)C1c2ccccc2-c2ccccc21. The Bertz CT molecular complexity index is 1550. The number of esters is 1. The second-order valence-electron chi connectivity index (χ2n) is 8.75. The van der Waals surface area contributed by atoms with E-state index in [1.807, 2.05) is 0 Å². The number of fused-ring (bicyclic) bond motifs is 3. The minimum Gasteiger partial charge on any atom is -0.425 e. The largest absolute Gasteiger partial charge is 0.425 e. The van der Waals surface area contributed by atoms with Crippen molar-refractivity contribution >= 4 is 44.6 Å². The normalized spacial score (nSPS) is 13.9. The van der Waals surface area contributed by atoms with E-state index in [2.05, 4.69) is 0 Å². The molecular formula is C25H16F6INO6S. The number of amides is 1. The van der Waals surface area contributed by atoms with Crippen LogP contribution < -0.4 is 10.1 Å². The molecule has 1 amide bonds. The van der Waals surface area contributed by atoms with Gasteiger partial charge in [-0.2, -0.15) is 34.8 Å². The van der Waals surface area contributed by atoms with Crippen LogP contribution in [0.3, 0.4) is 0 Å². The van der Waals surface area contributed by atoms with Crippen LogP contribution in [-0.4, -0.2) is 48.5 Å². The molecule has 7 nitrogen and oxygen atoms in total. The first kappa shape index (κ1) is 29.8. The number of ether oxygens (including phenoxy) is 1. The number of carbonyl (C=O) groups is 2. The van der Waals surface area contributed by atoms with Gasteiger partial charge in [0, 0.05) is 3.57 Å². The molecule has 0 saturated heterocycles. The fourth-order valence-corrected chi connectivity index (χ4v) is 5.79. The molecule has 212 valence electrons. The average Bonchev–Trinajstić information content (AvgIpc) is 3.16.